The highest BCUT2D eigenvalue weighted by atomic mass is 35.5. The van der Waals surface area contributed by atoms with E-state index in [0.717, 1.165) is 5.56 Å². The molecule has 0 radical (unpaired) electrons. The average Bonchev–Trinajstić information content (AvgIpc) is 2.92. The minimum Gasteiger partial charge on any atom is -0.481 e. The number of carboxylic acids is 1. The van der Waals surface area contributed by atoms with Gasteiger partial charge in [0.25, 0.3) is 5.91 Å². The Morgan fingerprint density at radius 2 is 1.91 bits per heavy atom. The number of amides is 1. The smallest absolute Gasteiger partial charge is 0.303 e. The minimum atomic E-state index is -0.895. The van der Waals surface area contributed by atoms with Gasteiger partial charge in [0.2, 0.25) is 0 Å². The maximum Gasteiger partial charge on any atom is 0.303 e. The summed E-state index contributed by atoms with van der Waals surface area (Å²) in [6, 6.07) is 12.2. The first-order valence-corrected chi connectivity index (χ1v) is 7.24. The lowest BCUT2D eigenvalue weighted by atomic mass is 10.0. The molecule has 0 saturated heterocycles. The van der Waals surface area contributed by atoms with Crippen molar-refractivity contribution >= 4 is 23.5 Å². The summed E-state index contributed by atoms with van der Waals surface area (Å²) < 4.78 is 5.06. The number of rotatable bonds is 7. The van der Waals surface area contributed by atoms with Crippen LogP contribution >= 0.6 is 11.6 Å². The highest BCUT2D eigenvalue weighted by Gasteiger charge is 2.18. The van der Waals surface area contributed by atoms with Gasteiger partial charge in [0, 0.05) is 12.5 Å². The Balaban J connectivity index is 2.03. The van der Waals surface area contributed by atoms with Crippen molar-refractivity contribution in [1.82, 2.24) is 5.32 Å². The number of halogens is 1. The number of carbonyl (C=O) groups is 2. The molecular formula is C16H16ClNO4. The van der Waals surface area contributed by atoms with E-state index < -0.39 is 11.9 Å². The monoisotopic (exact) mass is 321 g/mol. The van der Waals surface area contributed by atoms with Crippen LogP contribution in [0.5, 0.6) is 0 Å². The highest BCUT2D eigenvalue weighted by molar-refractivity contribution is 6.29. The fourth-order valence-corrected chi connectivity index (χ4v) is 2.26. The molecule has 0 saturated carbocycles. The summed E-state index contributed by atoms with van der Waals surface area (Å²) in [6.45, 7) is 0. The first-order chi connectivity index (χ1) is 10.5. The normalized spacial score (nSPS) is 11.9. The average molecular weight is 322 g/mol. The van der Waals surface area contributed by atoms with Crippen molar-refractivity contribution in [3.63, 3.8) is 0 Å². The maximum absolute atomic E-state index is 12.1. The van der Waals surface area contributed by atoms with E-state index in [1.54, 1.807) is 0 Å². The zero-order valence-corrected chi connectivity index (χ0v) is 12.5. The topological polar surface area (TPSA) is 79.5 Å². The van der Waals surface area contributed by atoms with Crippen molar-refractivity contribution in [3.05, 3.63) is 59.0 Å². The second-order valence-electron chi connectivity index (χ2n) is 4.90. The molecule has 0 aliphatic rings. The van der Waals surface area contributed by atoms with E-state index in [0.29, 0.717) is 12.8 Å². The van der Waals surface area contributed by atoms with Crippen LogP contribution in [-0.2, 0) is 11.2 Å². The molecule has 0 fully saturated rings. The van der Waals surface area contributed by atoms with Gasteiger partial charge in [0.05, 0.1) is 0 Å². The number of hydrogen-bond acceptors (Lipinski definition) is 3. The second kappa shape index (κ2) is 7.66. The van der Waals surface area contributed by atoms with Crippen molar-refractivity contribution in [3.8, 4) is 0 Å². The number of aliphatic carboxylic acids is 1. The van der Waals surface area contributed by atoms with Crippen LogP contribution in [0.2, 0.25) is 5.22 Å². The lowest BCUT2D eigenvalue weighted by Crippen LogP contribution is -2.36. The van der Waals surface area contributed by atoms with Crippen LogP contribution in [0.25, 0.3) is 0 Å². The molecule has 116 valence electrons. The Hall–Kier alpha value is -2.27. The zero-order chi connectivity index (χ0) is 15.9. The van der Waals surface area contributed by atoms with Crippen LogP contribution in [0.3, 0.4) is 0 Å². The summed E-state index contributed by atoms with van der Waals surface area (Å²) in [5.41, 5.74) is 1.02. The lowest BCUT2D eigenvalue weighted by molar-refractivity contribution is -0.137. The van der Waals surface area contributed by atoms with Crippen LogP contribution in [0.1, 0.15) is 29.0 Å². The fourth-order valence-electron chi connectivity index (χ4n) is 2.11. The summed E-state index contributed by atoms with van der Waals surface area (Å²) in [7, 11) is 0. The van der Waals surface area contributed by atoms with Gasteiger partial charge in [-0.05, 0) is 42.1 Å². The molecule has 22 heavy (non-hydrogen) atoms. The molecule has 6 heteroatoms. The van der Waals surface area contributed by atoms with E-state index in [1.165, 1.54) is 12.1 Å². The van der Waals surface area contributed by atoms with Gasteiger partial charge < -0.3 is 14.8 Å². The molecule has 0 aliphatic carbocycles. The van der Waals surface area contributed by atoms with Crippen molar-refractivity contribution in [2.45, 2.75) is 25.3 Å². The SMILES string of the molecule is O=C(O)CCC(Cc1ccccc1)NC(=O)c1ccc(Cl)o1. The van der Waals surface area contributed by atoms with E-state index in [9.17, 15) is 9.59 Å². The van der Waals surface area contributed by atoms with Crippen LogP contribution < -0.4 is 5.32 Å². The highest BCUT2D eigenvalue weighted by Crippen LogP contribution is 2.14. The van der Waals surface area contributed by atoms with Crippen LogP contribution in [-0.4, -0.2) is 23.0 Å². The molecule has 1 unspecified atom stereocenters. The third-order valence-corrected chi connectivity index (χ3v) is 3.37. The minimum absolute atomic E-state index is 0.0172. The molecule has 0 bridgehead atoms. The zero-order valence-electron chi connectivity index (χ0n) is 11.8. The summed E-state index contributed by atoms with van der Waals surface area (Å²) >= 11 is 5.65. The van der Waals surface area contributed by atoms with Gasteiger partial charge in [-0.15, -0.1) is 0 Å². The first kappa shape index (κ1) is 16.1. The van der Waals surface area contributed by atoms with E-state index in [4.69, 9.17) is 21.1 Å². The number of carbonyl (C=O) groups excluding carboxylic acids is 1. The van der Waals surface area contributed by atoms with Crippen LogP contribution in [0, 0.1) is 0 Å². The Kier molecular flexibility index (Phi) is 5.61. The quantitative estimate of drug-likeness (QED) is 0.821. The van der Waals surface area contributed by atoms with E-state index in [1.807, 2.05) is 30.3 Å². The Morgan fingerprint density at radius 1 is 1.18 bits per heavy atom. The molecule has 2 N–H and O–H groups in total. The first-order valence-electron chi connectivity index (χ1n) is 6.86. The van der Waals surface area contributed by atoms with Crippen LogP contribution in [0.15, 0.2) is 46.9 Å². The molecule has 1 atom stereocenters. The molecule has 2 rings (SSSR count). The summed E-state index contributed by atoms with van der Waals surface area (Å²) in [4.78, 5) is 22.9. The van der Waals surface area contributed by atoms with Gasteiger partial charge in [-0.25, -0.2) is 0 Å². The number of nitrogens with one attached hydrogen (secondary N) is 1. The fraction of sp³-hybridized carbons (Fsp3) is 0.250. The third kappa shape index (κ3) is 4.93. The standard InChI is InChI=1S/C16H16ClNO4/c17-14-8-7-13(22-14)16(21)18-12(6-9-15(19)20)10-11-4-2-1-3-5-11/h1-5,7-8,12H,6,9-10H2,(H,18,21)(H,19,20). The Morgan fingerprint density at radius 3 is 2.50 bits per heavy atom. The third-order valence-electron chi connectivity index (χ3n) is 3.16. The van der Waals surface area contributed by atoms with E-state index in [2.05, 4.69) is 5.32 Å². The number of carboxylic acid groups (broad SMARTS) is 1. The number of furan rings is 1. The lowest BCUT2D eigenvalue weighted by Gasteiger charge is -2.17. The van der Waals surface area contributed by atoms with Gasteiger partial charge in [0.15, 0.2) is 11.0 Å². The number of hydrogen-bond donors (Lipinski definition) is 2. The van der Waals surface area contributed by atoms with Gasteiger partial charge in [-0.2, -0.15) is 0 Å². The predicted molar refractivity (Wildman–Crippen MR) is 82.0 cm³/mol. The van der Waals surface area contributed by atoms with Gasteiger partial charge in [-0.3, -0.25) is 9.59 Å². The van der Waals surface area contributed by atoms with Crippen molar-refractivity contribution < 1.29 is 19.1 Å². The molecule has 1 aromatic heterocycles. The second-order valence-corrected chi connectivity index (χ2v) is 5.27. The summed E-state index contributed by atoms with van der Waals surface area (Å²) in [5, 5.41) is 11.8. The van der Waals surface area contributed by atoms with E-state index in [-0.39, 0.29) is 23.4 Å². The van der Waals surface area contributed by atoms with Gasteiger partial charge in [0.1, 0.15) is 0 Å². The van der Waals surface area contributed by atoms with Gasteiger partial charge in [-0.1, -0.05) is 30.3 Å². The van der Waals surface area contributed by atoms with Crippen molar-refractivity contribution in [2.75, 3.05) is 0 Å². The summed E-state index contributed by atoms with van der Waals surface area (Å²) in [6.07, 6.45) is 0.870. The van der Waals surface area contributed by atoms with Gasteiger partial charge >= 0.3 is 5.97 Å². The molecular weight excluding hydrogens is 306 g/mol. The van der Waals surface area contributed by atoms with E-state index >= 15 is 0 Å². The number of benzene rings is 1. The molecule has 0 aliphatic heterocycles. The maximum atomic E-state index is 12.1. The molecule has 1 heterocycles. The molecule has 2 aromatic rings. The molecule has 1 aromatic carbocycles. The Labute approximate surface area is 132 Å². The molecule has 1 amide bonds. The predicted octanol–water partition coefficient (Wildman–Crippen LogP) is 3.14. The molecule has 0 spiro atoms. The summed E-state index contributed by atoms with van der Waals surface area (Å²) in [5.74, 6) is -1.19. The van der Waals surface area contributed by atoms with Crippen molar-refractivity contribution in [2.24, 2.45) is 0 Å². The molecule has 5 nitrogen and oxygen atoms in total. The largest absolute Gasteiger partial charge is 0.481 e. The Bertz CT molecular complexity index is 639. The van der Waals surface area contributed by atoms with Crippen molar-refractivity contribution in [1.29, 1.82) is 0 Å². The van der Waals surface area contributed by atoms with Crippen LogP contribution in [0.4, 0.5) is 0 Å².